The molecule has 5 nitrogen and oxygen atoms in total. The van der Waals surface area contributed by atoms with Crippen LogP contribution >= 0.6 is 11.8 Å². The van der Waals surface area contributed by atoms with Crippen LogP contribution in [0.2, 0.25) is 0 Å². The second kappa shape index (κ2) is 10.9. The maximum Gasteiger partial charge on any atom is 0.230 e. The highest BCUT2D eigenvalue weighted by Crippen LogP contribution is 2.26. The summed E-state index contributed by atoms with van der Waals surface area (Å²) >= 11 is 1.33. The molecule has 2 aromatic carbocycles. The molecule has 7 heteroatoms. The molecule has 0 aliphatic carbocycles. The molecule has 1 aromatic heterocycles. The minimum Gasteiger partial charge on any atom is -0.353 e. The maximum absolute atomic E-state index is 14.4. The summed E-state index contributed by atoms with van der Waals surface area (Å²) < 4.78 is 16.3. The van der Waals surface area contributed by atoms with Crippen LogP contribution in [0.3, 0.4) is 0 Å². The molecule has 0 unspecified atom stereocenters. The predicted molar refractivity (Wildman–Crippen MR) is 119 cm³/mol. The Hall–Kier alpha value is -2.67. The average Bonchev–Trinajstić information content (AvgIpc) is 3.18. The van der Waals surface area contributed by atoms with Crippen molar-refractivity contribution in [1.82, 2.24) is 20.1 Å². The lowest BCUT2D eigenvalue weighted by atomic mass is 10.1. The molecule has 1 amide bonds. The van der Waals surface area contributed by atoms with E-state index < -0.39 is 0 Å². The number of hydrogen-bond donors (Lipinski definition) is 1. The number of rotatable bonds is 10. The first-order valence-corrected chi connectivity index (χ1v) is 11.2. The zero-order valence-corrected chi connectivity index (χ0v) is 18.2. The van der Waals surface area contributed by atoms with Gasteiger partial charge in [0, 0.05) is 12.6 Å². The average molecular weight is 427 g/mol. The minimum atomic E-state index is -0.339. The number of carbonyl (C=O) groups excluding carboxylic acids is 1. The van der Waals surface area contributed by atoms with E-state index in [4.69, 9.17) is 0 Å². The fraction of sp³-hybridized carbons (Fsp3) is 0.348. The van der Waals surface area contributed by atoms with Crippen molar-refractivity contribution in [2.75, 3.05) is 5.75 Å². The van der Waals surface area contributed by atoms with E-state index in [0.29, 0.717) is 23.1 Å². The van der Waals surface area contributed by atoms with Crippen molar-refractivity contribution in [2.45, 2.75) is 50.9 Å². The van der Waals surface area contributed by atoms with Gasteiger partial charge in [-0.2, -0.15) is 0 Å². The highest BCUT2D eigenvalue weighted by molar-refractivity contribution is 7.99. The predicted octanol–water partition coefficient (Wildman–Crippen LogP) is 4.72. The normalized spacial score (nSPS) is 11.1. The summed E-state index contributed by atoms with van der Waals surface area (Å²) in [4.78, 5) is 12.3. The molecule has 0 spiro atoms. The van der Waals surface area contributed by atoms with E-state index in [1.807, 2.05) is 22.8 Å². The summed E-state index contributed by atoms with van der Waals surface area (Å²) in [7, 11) is 0. The van der Waals surface area contributed by atoms with Crippen molar-refractivity contribution in [3.05, 3.63) is 66.0 Å². The Kier molecular flexibility index (Phi) is 8.02. The van der Waals surface area contributed by atoms with Gasteiger partial charge in [0.25, 0.3) is 0 Å². The van der Waals surface area contributed by atoms with Gasteiger partial charge in [0.05, 0.1) is 11.3 Å². The summed E-state index contributed by atoms with van der Waals surface area (Å²) in [6.45, 7) is 4.71. The van der Waals surface area contributed by atoms with E-state index in [2.05, 4.69) is 41.5 Å². The number of nitrogens with zero attached hydrogens (tertiary/aromatic N) is 3. The van der Waals surface area contributed by atoms with Gasteiger partial charge in [0.15, 0.2) is 11.0 Å². The quantitative estimate of drug-likeness (QED) is 0.477. The summed E-state index contributed by atoms with van der Waals surface area (Å²) in [6, 6.07) is 16.8. The van der Waals surface area contributed by atoms with Crippen molar-refractivity contribution >= 4 is 17.7 Å². The van der Waals surface area contributed by atoms with E-state index >= 15 is 0 Å². The third-order valence-corrected chi connectivity index (χ3v) is 5.95. The number of aryl methyl sites for hydroxylation is 1. The molecule has 0 fully saturated rings. The van der Waals surface area contributed by atoms with Gasteiger partial charge in [-0.05, 0) is 37.0 Å². The van der Waals surface area contributed by atoms with Crippen LogP contribution in [0.25, 0.3) is 11.4 Å². The second-order valence-electron chi connectivity index (χ2n) is 7.04. The largest absolute Gasteiger partial charge is 0.353 e. The van der Waals surface area contributed by atoms with Crippen molar-refractivity contribution in [3.8, 4) is 11.4 Å². The van der Waals surface area contributed by atoms with E-state index in [-0.39, 0.29) is 23.5 Å². The molecular formula is C23H27FN4OS. The van der Waals surface area contributed by atoms with Gasteiger partial charge in [-0.15, -0.1) is 10.2 Å². The number of halogens is 1. The van der Waals surface area contributed by atoms with Crippen LogP contribution in [0.5, 0.6) is 0 Å². The Bertz CT molecular complexity index is 957. The van der Waals surface area contributed by atoms with Crippen molar-refractivity contribution in [3.63, 3.8) is 0 Å². The van der Waals surface area contributed by atoms with Gasteiger partial charge in [-0.25, -0.2) is 4.39 Å². The first-order valence-electron chi connectivity index (χ1n) is 10.3. The fourth-order valence-corrected chi connectivity index (χ4v) is 3.99. The number of aromatic nitrogens is 3. The van der Waals surface area contributed by atoms with Gasteiger partial charge in [0.1, 0.15) is 5.82 Å². The molecule has 0 saturated carbocycles. The van der Waals surface area contributed by atoms with E-state index in [1.165, 1.54) is 23.4 Å². The number of hydrogen-bond acceptors (Lipinski definition) is 4. The zero-order chi connectivity index (χ0) is 21.3. The van der Waals surface area contributed by atoms with Gasteiger partial charge in [-0.3, -0.25) is 4.79 Å². The number of carbonyl (C=O) groups is 1. The molecule has 0 aliphatic heterocycles. The van der Waals surface area contributed by atoms with Gasteiger partial charge < -0.3 is 9.88 Å². The Morgan fingerprint density at radius 3 is 2.47 bits per heavy atom. The molecule has 30 heavy (non-hydrogen) atoms. The molecule has 3 rings (SSSR count). The van der Waals surface area contributed by atoms with Crippen molar-refractivity contribution in [2.24, 2.45) is 0 Å². The van der Waals surface area contributed by atoms with Crippen LogP contribution in [0.15, 0.2) is 59.8 Å². The van der Waals surface area contributed by atoms with Gasteiger partial charge in [0.2, 0.25) is 5.91 Å². The lowest BCUT2D eigenvalue weighted by Gasteiger charge is -2.14. The van der Waals surface area contributed by atoms with Gasteiger partial charge in [-0.1, -0.05) is 68.1 Å². The first kappa shape index (κ1) is 22.0. The highest BCUT2D eigenvalue weighted by atomic mass is 32.2. The Morgan fingerprint density at radius 2 is 1.77 bits per heavy atom. The Labute approximate surface area is 181 Å². The fourth-order valence-electron chi connectivity index (χ4n) is 3.22. The van der Waals surface area contributed by atoms with E-state index in [0.717, 1.165) is 19.3 Å². The molecule has 0 aliphatic rings. The number of nitrogens with one attached hydrogen (secondary N) is 1. The molecule has 0 radical (unpaired) electrons. The summed E-state index contributed by atoms with van der Waals surface area (Å²) in [6.07, 6.45) is 2.56. The van der Waals surface area contributed by atoms with Crippen LogP contribution in [-0.4, -0.2) is 32.5 Å². The van der Waals surface area contributed by atoms with Crippen molar-refractivity contribution in [1.29, 1.82) is 0 Å². The van der Waals surface area contributed by atoms with E-state index in [1.54, 1.807) is 18.2 Å². The smallest absolute Gasteiger partial charge is 0.230 e. The van der Waals surface area contributed by atoms with Crippen molar-refractivity contribution < 1.29 is 9.18 Å². The molecule has 1 N–H and O–H groups in total. The zero-order valence-electron chi connectivity index (χ0n) is 17.3. The monoisotopic (exact) mass is 426 g/mol. The van der Waals surface area contributed by atoms with Gasteiger partial charge >= 0.3 is 0 Å². The first-order chi connectivity index (χ1) is 14.6. The lowest BCUT2D eigenvalue weighted by Crippen LogP contribution is -2.35. The molecule has 0 saturated heterocycles. The third kappa shape index (κ3) is 5.69. The minimum absolute atomic E-state index is 0.0289. The number of benzene rings is 2. The standard InChI is InChI=1S/C23H27FN4OS/c1-3-18(4-2)25-21(29)16-30-23-27-26-22(19-12-8-9-13-20(19)24)28(23)15-14-17-10-6-5-7-11-17/h5-13,18H,3-4,14-16H2,1-2H3,(H,25,29). The van der Waals surface area contributed by atoms with E-state index in [9.17, 15) is 9.18 Å². The molecule has 1 heterocycles. The van der Waals surface area contributed by atoms with Crippen LogP contribution in [0, 0.1) is 5.82 Å². The topological polar surface area (TPSA) is 59.8 Å². The van der Waals surface area contributed by atoms with Crippen LogP contribution in [0.4, 0.5) is 4.39 Å². The highest BCUT2D eigenvalue weighted by Gasteiger charge is 2.18. The Balaban J connectivity index is 1.80. The Morgan fingerprint density at radius 1 is 1.07 bits per heavy atom. The summed E-state index contributed by atoms with van der Waals surface area (Å²) in [5.41, 5.74) is 1.58. The second-order valence-corrected chi connectivity index (χ2v) is 7.99. The van der Waals surface area contributed by atoms with Crippen LogP contribution in [0.1, 0.15) is 32.3 Å². The summed E-state index contributed by atoms with van der Waals surface area (Å²) in [5, 5.41) is 12.2. The number of amides is 1. The maximum atomic E-state index is 14.4. The molecule has 3 aromatic rings. The lowest BCUT2D eigenvalue weighted by molar-refractivity contribution is -0.119. The molecule has 0 bridgehead atoms. The van der Waals surface area contributed by atoms with Crippen LogP contribution < -0.4 is 5.32 Å². The molecule has 0 atom stereocenters. The molecule has 158 valence electrons. The number of thioether (sulfide) groups is 1. The molecular weight excluding hydrogens is 399 g/mol. The van der Waals surface area contributed by atoms with Crippen LogP contribution in [-0.2, 0) is 17.8 Å². The third-order valence-electron chi connectivity index (χ3n) is 4.98. The summed E-state index contributed by atoms with van der Waals surface area (Å²) in [5.74, 6) is 0.358. The SMILES string of the molecule is CCC(CC)NC(=O)CSc1nnc(-c2ccccc2F)n1CCc1ccccc1.